The van der Waals surface area contributed by atoms with E-state index in [9.17, 15) is 27.6 Å². The second kappa shape index (κ2) is 11.0. The maximum absolute atomic E-state index is 13.2. The molecule has 3 N–H and O–H groups in total. The number of anilines is 1. The Morgan fingerprint density at radius 3 is 2.27 bits per heavy atom. The minimum atomic E-state index is -5.08. The van der Waals surface area contributed by atoms with Crippen molar-refractivity contribution in [2.24, 2.45) is 5.73 Å². The number of aromatic nitrogens is 2. The lowest BCUT2D eigenvalue weighted by atomic mass is 9.70. The summed E-state index contributed by atoms with van der Waals surface area (Å²) in [7, 11) is 0. The number of hydrogen-bond donors (Lipinski definition) is 2. The highest BCUT2D eigenvalue weighted by atomic mass is 19.4. The van der Waals surface area contributed by atoms with Gasteiger partial charge in [-0.25, -0.2) is 9.48 Å². The zero-order valence-electron chi connectivity index (χ0n) is 21.7. The van der Waals surface area contributed by atoms with Crippen LogP contribution in [0.25, 0.3) is 16.6 Å². The molecule has 1 aliphatic rings. The van der Waals surface area contributed by atoms with Gasteiger partial charge in [-0.05, 0) is 48.7 Å². The molecule has 0 spiro atoms. The van der Waals surface area contributed by atoms with Crippen molar-refractivity contribution in [3.8, 4) is 5.69 Å². The summed E-state index contributed by atoms with van der Waals surface area (Å²) in [5.74, 6) is -3.10. The third kappa shape index (κ3) is 6.07. The minimum Gasteiger partial charge on any atom is -0.366 e. The summed E-state index contributed by atoms with van der Waals surface area (Å²) in [5, 5.41) is 9.13. The SMILES string of the molecule is NC(=O)c1cccc2cn(-c3ccc(NC(=O)CC4(c5ccccc5)CCN(OC(=O)C(F)(F)F)CC4)cc3)nc12. The van der Waals surface area contributed by atoms with E-state index in [4.69, 9.17) is 5.73 Å². The van der Waals surface area contributed by atoms with E-state index in [2.05, 4.69) is 15.3 Å². The molecule has 2 amide bonds. The standard InChI is InChI=1S/C29H26F3N5O4/c30-29(31,32)27(40)41-36-15-13-28(14-16-36,20-6-2-1-3-7-20)17-24(38)34-21-9-11-22(12-10-21)37-18-19-5-4-8-23(26(33)39)25(19)35-37/h1-12,18H,13-17H2,(H2,33,39)(H,34,38). The number of hydrogen-bond acceptors (Lipinski definition) is 6. The smallest absolute Gasteiger partial charge is 0.366 e. The molecule has 1 fully saturated rings. The lowest BCUT2D eigenvalue weighted by Gasteiger charge is -2.41. The number of fused-ring (bicyclic) bond motifs is 1. The zero-order chi connectivity index (χ0) is 29.2. The van der Waals surface area contributed by atoms with E-state index in [0.29, 0.717) is 35.3 Å². The van der Waals surface area contributed by atoms with Crippen molar-refractivity contribution in [3.05, 3.63) is 90.1 Å². The van der Waals surface area contributed by atoms with E-state index in [0.717, 1.165) is 16.0 Å². The molecular formula is C29H26F3N5O4. The van der Waals surface area contributed by atoms with E-state index in [1.165, 1.54) is 0 Å². The number of benzene rings is 3. The molecule has 0 saturated carbocycles. The average molecular weight is 566 g/mol. The van der Waals surface area contributed by atoms with Crippen LogP contribution in [0.3, 0.4) is 0 Å². The molecule has 4 aromatic rings. The molecule has 212 valence electrons. The summed E-state index contributed by atoms with van der Waals surface area (Å²) in [5.41, 5.74) is 7.75. The van der Waals surface area contributed by atoms with Gasteiger partial charge in [0.2, 0.25) is 5.91 Å². The van der Waals surface area contributed by atoms with Crippen molar-refractivity contribution in [1.82, 2.24) is 14.8 Å². The first-order chi connectivity index (χ1) is 19.5. The molecule has 0 aliphatic carbocycles. The molecule has 3 aromatic carbocycles. The fourth-order valence-electron chi connectivity index (χ4n) is 5.12. The predicted octanol–water partition coefficient (Wildman–Crippen LogP) is 4.51. The van der Waals surface area contributed by atoms with Gasteiger partial charge in [-0.1, -0.05) is 42.5 Å². The number of carbonyl (C=O) groups excluding carboxylic acids is 3. The van der Waals surface area contributed by atoms with Gasteiger partial charge in [0.05, 0.1) is 11.3 Å². The molecule has 9 nitrogen and oxygen atoms in total. The first-order valence-corrected chi connectivity index (χ1v) is 12.8. The van der Waals surface area contributed by atoms with Gasteiger partial charge in [0, 0.05) is 42.2 Å². The molecule has 1 saturated heterocycles. The Morgan fingerprint density at radius 1 is 0.951 bits per heavy atom. The van der Waals surface area contributed by atoms with Gasteiger partial charge >= 0.3 is 12.1 Å². The number of rotatable bonds is 7. The van der Waals surface area contributed by atoms with Crippen LogP contribution in [-0.4, -0.2) is 51.9 Å². The van der Waals surface area contributed by atoms with E-state index in [1.807, 2.05) is 36.4 Å². The number of carbonyl (C=O) groups is 3. The maximum atomic E-state index is 13.2. The van der Waals surface area contributed by atoms with E-state index >= 15 is 0 Å². The van der Waals surface area contributed by atoms with E-state index in [1.54, 1.807) is 47.3 Å². The number of hydroxylamine groups is 2. The molecule has 0 bridgehead atoms. The highest BCUT2D eigenvalue weighted by Gasteiger charge is 2.45. The molecule has 0 atom stereocenters. The van der Waals surface area contributed by atoms with Gasteiger partial charge in [-0.15, -0.1) is 5.06 Å². The fraction of sp³-hybridized carbons (Fsp3) is 0.241. The van der Waals surface area contributed by atoms with Crippen LogP contribution in [0.2, 0.25) is 0 Å². The van der Waals surface area contributed by atoms with Crippen molar-refractivity contribution in [2.45, 2.75) is 30.9 Å². The Balaban J connectivity index is 1.28. The van der Waals surface area contributed by atoms with Crippen LogP contribution >= 0.6 is 0 Å². The van der Waals surface area contributed by atoms with Crippen LogP contribution < -0.4 is 11.1 Å². The topological polar surface area (TPSA) is 120 Å². The molecule has 0 unspecified atom stereocenters. The molecular weight excluding hydrogens is 539 g/mol. The number of alkyl halides is 3. The highest BCUT2D eigenvalue weighted by molar-refractivity contribution is 6.04. The number of nitrogens with two attached hydrogens (primary N) is 1. The van der Waals surface area contributed by atoms with Crippen LogP contribution in [-0.2, 0) is 19.8 Å². The largest absolute Gasteiger partial charge is 0.492 e. The first-order valence-electron chi connectivity index (χ1n) is 12.8. The lowest BCUT2D eigenvalue weighted by molar-refractivity contribution is -0.243. The number of halogens is 3. The number of primary amides is 1. The second-order valence-electron chi connectivity index (χ2n) is 9.91. The van der Waals surface area contributed by atoms with Crippen LogP contribution in [0.15, 0.2) is 79.0 Å². The van der Waals surface area contributed by atoms with Crippen molar-refractivity contribution in [1.29, 1.82) is 0 Å². The molecule has 12 heteroatoms. The average Bonchev–Trinajstić information content (AvgIpc) is 3.39. The van der Waals surface area contributed by atoms with Crippen molar-refractivity contribution in [3.63, 3.8) is 0 Å². The summed E-state index contributed by atoms with van der Waals surface area (Å²) < 4.78 is 39.5. The van der Waals surface area contributed by atoms with Gasteiger partial charge < -0.3 is 15.9 Å². The Kier molecular flexibility index (Phi) is 7.50. The third-order valence-electron chi connectivity index (χ3n) is 7.23. The third-order valence-corrected chi connectivity index (χ3v) is 7.23. The van der Waals surface area contributed by atoms with E-state index < -0.39 is 23.5 Å². The summed E-state index contributed by atoms with van der Waals surface area (Å²) >= 11 is 0. The maximum Gasteiger partial charge on any atom is 0.492 e. The highest BCUT2D eigenvalue weighted by Crippen LogP contribution is 2.39. The van der Waals surface area contributed by atoms with Crippen molar-refractivity contribution >= 4 is 34.4 Å². The van der Waals surface area contributed by atoms with Crippen LogP contribution in [0.4, 0.5) is 18.9 Å². The van der Waals surface area contributed by atoms with Crippen molar-refractivity contribution in [2.75, 3.05) is 18.4 Å². The number of piperidine rings is 1. The molecule has 1 aromatic heterocycles. The molecule has 5 rings (SSSR count). The first kappa shape index (κ1) is 27.8. The van der Waals surface area contributed by atoms with Gasteiger partial charge in [-0.3, -0.25) is 9.59 Å². The summed E-state index contributed by atoms with van der Waals surface area (Å²) in [6.07, 6.45) is -2.60. The van der Waals surface area contributed by atoms with Gasteiger partial charge in [0.15, 0.2) is 0 Å². The summed E-state index contributed by atoms with van der Waals surface area (Å²) in [6.45, 7) is 0.1000. The monoisotopic (exact) mass is 565 g/mol. The second-order valence-corrected chi connectivity index (χ2v) is 9.91. The molecule has 2 heterocycles. The van der Waals surface area contributed by atoms with Crippen LogP contribution in [0, 0.1) is 0 Å². The Morgan fingerprint density at radius 2 is 1.63 bits per heavy atom. The van der Waals surface area contributed by atoms with Gasteiger partial charge in [0.1, 0.15) is 5.52 Å². The summed E-state index contributed by atoms with van der Waals surface area (Å²) in [4.78, 5) is 40.7. The number of amides is 2. The van der Waals surface area contributed by atoms with Gasteiger partial charge in [-0.2, -0.15) is 18.3 Å². The van der Waals surface area contributed by atoms with E-state index in [-0.39, 0.29) is 25.4 Å². The van der Waals surface area contributed by atoms with Crippen molar-refractivity contribution < 1.29 is 32.4 Å². The van der Waals surface area contributed by atoms with Crippen LogP contribution in [0.1, 0.15) is 35.2 Å². The number of nitrogens with one attached hydrogen (secondary N) is 1. The Hall–Kier alpha value is -4.71. The molecule has 41 heavy (non-hydrogen) atoms. The Labute approximate surface area is 232 Å². The fourth-order valence-corrected chi connectivity index (χ4v) is 5.12. The Bertz CT molecular complexity index is 1580. The van der Waals surface area contributed by atoms with Gasteiger partial charge in [0.25, 0.3) is 5.91 Å². The molecule has 1 aliphatic heterocycles. The van der Waals surface area contributed by atoms with Crippen LogP contribution in [0.5, 0.6) is 0 Å². The summed E-state index contributed by atoms with van der Waals surface area (Å²) in [6, 6.07) is 21.5. The predicted molar refractivity (Wildman–Crippen MR) is 144 cm³/mol. The normalized spacial score (nSPS) is 15.4. The zero-order valence-corrected chi connectivity index (χ0v) is 21.7. The molecule has 0 radical (unpaired) electrons. The minimum absolute atomic E-state index is 0.0500. The lowest BCUT2D eigenvalue weighted by Crippen LogP contribution is -2.46. The quantitative estimate of drug-likeness (QED) is 0.341. The number of nitrogens with zero attached hydrogens (tertiary/aromatic N) is 3.